The number of hydrogen-bond donors (Lipinski definition) is 1. The van der Waals surface area contributed by atoms with Gasteiger partial charge in [-0.3, -0.25) is 4.79 Å². The predicted octanol–water partition coefficient (Wildman–Crippen LogP) is 1.37. The van der Waals surface area contributed by atoms with Gasteiger partial charge in [-0.05, 0) is 38.1 Å². The van der Waals surface area contributed by atoms with Gasteiger partial charge in [0.05, 0.1) is 0 Å². The van der Waals surface area contributed by atoms with E-state index in [1.165, 1.54) is 6.42 Å². The number of piperidine rings is 1. The van der Waals surface area contributed by atoms with Crippen LogP contribution in [-0.4, -0.2) is 30.4 Å². The predicted molar refractivity (Wildman–Crippen MR) is 60.3 cm³/mol. The van der Waals surface area contributed by atoms with E-state index < -0.39 is 0 Å². The van der Waals surface area contributed by atoms with E-state index in [2.05, 4.69) is 11.8 Å². The molecule has 15 heavy (non-hydrogen) atoms. The highest BCUT2D eigenvalue weighted by atomic mass is 16.2. The fourth-order valence-corrected chi connectivity index (χ4v) is 2.67. The molecule has 0 atom stereocenters. The van der Waals surface area contributed by atoms with Crippen LogP contribution in [0.1, 0.15) is 39.0 Å². The fraction of sp³-hybridized carbons (Fsp3) is 0.917. The Morgan fingerprint density at radius 2 is 2.00 bits per heavy atom. The van der Waals surface area contributed by atoms with E-state index in [0.717, 1.165) is 45.3 Å². The maximum atomic E-state index is 12.2. The van der Waals surface area contributed by atoms with Crippen molar-refractivity contribution in [3.63, 3.8) is 0 Å². The monoisotopic (exact) mass is 210 g/mol. The second-order valence-corrected chi connectivity index (χ2v) is 5.39. The average Bonchev–Trinajstić information content (AvgIpc) is 2.25. The molecule has 1 saturated carbocycles. The molecule has 1 heterocycles. The molecule has 1 aliphatic heterocycles. The third kappa shape index (κ3) is 2.03. The summed E-state index contributed by atoms with van der Waals surface area (Å²) < 4.78 is 0. The second kappa shape index (κ2) is 4.12. The Hall–Kier alpha value is -0.570. The molecule has 86 valence electrons. The van der Waals surface area contributed by atoms with E-state index in [4.69, 9.17) is 5.73 Å². The van der Waals surface area contributed by atoms with Gasteiger partial charge in [0.15, 0.2) is 0 Å². The molecule has 2 aliphatic rings. The molecule has 0 unspecified atom stereocenters. The molecule has 0 spiro atoms. The first kappa shape index (κ1) is 10.9. The van der Waals surface area contributed by atoms with E-state index in [1.807, 2.05) is 0 Å². The van der Waals surface area contributed by atoms with Crippen molar-refractivity contribution in [3.05, 3.63) is 0 Å². The molecule has 1 amide bonds. The minimum atomic E-state index is -0.0183. The van der Waals surface area contributed by atoms with Crippen molar-refractivity contribution >= 4 is 5.91 Å². The van der Waals surface area contributed by atoms with Crippen LogP contribution in [0.2, 0.25) is 0 Å². The molecule has 2 rings (SSSR count). The summed E-state index contributed by atoms with van der Waals surface area (Å²) in [4.78, 5) is 14.3. The van der Waals surface area contributed by atoms with Gasteiger partial charge in [-0.25, -0.2) is 0 Å². The van der Waals surface area contributed by atoms with Crippen molar-refractivity contribution in [1.29, 1.82) is 0 Å². The van der Waals surface area contributed by atoms with Gasteiger partial charge in [-0.1, -0.05) is 13.3 Å². The molecule has 0 aromatic rings. The number of nitrogens with zero attached hydrogens (tertiary/aromatic N) is 1. The minimum absolute atomic E-state index is 0.0183. The number of amides is 1. The Morgan fingerprint density at radius 1 is 1.40 bits per heavy atom. The number of carbonyl (C=O) groups excluding carboxylic acids is 1. The quantitative estimate of drug-likeness (QED) is 0.748. The van der Waals surface area contributed by atoms with Crippen LogP contribution in [0, 0.1) is 11.3 Å². The summed E-state index contributed by atoms with van der Waals surface area (Å²) in [5.41, 5.74) is 5.63. The maximum absolute atomic E-state index is 12.2. The molecule has 2 N–H and O–H groups in total. The van der Waals surface area contributed by atoms with Crippen LogP contribution in [0.15, 0.2) is 0 Å². The second-order valence-electron chi connectivity index (χ2n) is 5.39. The van der Waals surface area contributed by atoms with Gasteiger partial charge in [-0.15, -0.1) is 0 Å². The Morgan fingerprint density at radius 3 is 2.40 bits per heavy atom. The van der Waals surface area contributed by atoms with Crippen molar-refractivity contribution in [2.75, 3.05) is 19.6 Å². The van der Waals surface area contributed by atoms with Crippen molar-refractivity contribution in [2.24, 2.45) is 17.1 Å². The van der Waals surface area contributed by atoms with Crippen molar-refractivity contribution in [1.82, 2.24) is 4.90 Å². The maximum Gasteiger partial charge on any atom is 0.228 e. The lowest BCUT2D eigenvalue weighted by molar-refractivity contribution is -0.147. The van der Waals surface area contributed by atoms with Crippen LogP contribution in [0.3, 0.4) is 0 Å². The van der Waals surface area contributed by atoms with Crippen LogP contribution < -0.4 is 5.73 Å². The highest BCUT2D eigenvalue weighted by Gasteiger charge is 2.42. The number of hydrogen-bond acceptors (Lipinski definition) is 2. The highest BCUT2D eigenvalue weighted by molar-refractivity contribution is 5.83. The lowest BCUT2D eigenvalue weighted by atomic mass is 9.69. The SMILES string of the molecule is CC1(C(=O)N2CCC(CN)CC2)CCC1. The van der Waals surface area contributed by atoms with Gasteiger partial charge < -0.3 is 10.6 Å². The zero-order valence-electron chi connectivity index (χ0n) is 9.67. The van der Waals surface area contributed by atoms with Crippen molar-refractivity contribution in [2.45, 2.75) is 39.0 Å². The first-order chi connectivity index (χ1) is 7.15. The van der Waals surface area contributed by atoms with Crippen LogP contribution in [-0.2, 0) is 4.79 Å². The number of nitrogens with two attached hydrogens (primary N) is 1. The van der Waals surface area contributed by atoms with E-state index in [0.29, 0.717) is 11.8 Å². The summed E-state index contributed by atoms with van der Waals surface area (Å²) >= 11 is 0. The Kier molecular flexibility index (Phi) is 3.01. The molecule has 1 aliphatic carbocycles. The third-order valence-electron chi connectivity index (χ3n) is 4.21. The van der Waals surface area contributed by atoms with Crippen molar-refractivity contribution < 1.29 is 4.79 Å². The zero-order chi connectivity index (χ0) is 10.9. The van der Waals surface area contributed by atoms with Gasteiger partial charge in [-0.2, -0.15) is 0 Å². The molecular formula is C12H22N2O. The standard InChI is InChI=1S/C12H22N2O/c1-12(5-2-6-12)11(15)14-7-3-10(9-13)4-8-14/h10H,2-9,13H2,1H3. The highest BCUT2D eigenvalue weighted by Crippen LogP contribution is 2.42. The summed E-state index contributed by atoms with van der Waals surface area (Å²) in [6.07, 6.45) is 5.59. The molecule has 3 nitrogen and oxygen atoms in total. The van der Waals surface area contributed by atoms with E-state index in [9.17, 15) is 4.79 Å². The summed E-state index contributed by atoms with van der Waals surface area (Å²) in [5, 5.41) is 0. The number of carbonyl (C=O) groups is 1. The lowest BCUT2D eigenvalue weighted by Gasteiger charge is -2.43. The van der Waals surface area contributed by atoms with E-state index >= 15 is 0 Å². The Balaban J connectivity index is 1.87. The van der Waals surface area contributed by atoms with Gasteiger partial charge in [0.25, 0.3) is 0 Å². The van der Waals surface area contributed by atoms with E-state index in [-0.39, 0.29) is 5.41 Å². The lowest BCUT2D eigenvalue weighted by Crippen LogP contribution is -2.49. The number of likely N-dealkylation sites (tertiary alicyclic amines) is 1. The Labute approximate surface area is 92.0 Å². The van der Waals surface area contributed by atoms with Crippen molar-refractivity contribution in [3.8, 4) is 0 Å². The Bertz CT molecular complexity index is 240. The molecule has 0 radical (unpaired) electrons. The van der Waals surface area contributed by atoms with E-state index in [1.54, 1.807) is 0 Å². The largest absolute Gasteiger partial charge is 0.342 e. The fourth-order valence-electron chi connectivity index (χ4n) is 2.67. The van der Waals surface area contributed by atoms with Gasteiger partial charge in [0.2, 0.25) is 5.91 Å². The number of rotatable bonds is 2. The molecule has 0 bridgehead atoms. The molecule has 0 aromatic heterocycles. The summed E-state index contributed by atoms with van der Waals surface area (Å²) in [6.45, 7) is 4.75. The third-order valence-corrected chi connectivity index (χ3v) is 4.21. The molecule has 0 aromatic carbocycles. The van der Waals surface area contributed by atoms with Crippen LogP contribution >= 0.6 is 0 Å². The van der Waals surface area contributed by atoms with Crippen LogP contribution in [0.25, 0.3) is 0 Å². The topological polar surface area (TPSA) is 46.3 Å². The average molecular weight is 210 g/mol. The van der Waals surface area contributed by atoms with Gasteiger partial charge in [0, 0.05) is 18.5 Å². The molecule has 1 saturated heterocycles. The summed E-state index contributed by atoms with van der Waals surface area (Å²) in [5.74, 6) is 1.03. The molecule has 3 heteroatoms. The van der Waals surface area contributed by atoms with Crippen LogP contribution in [0.4, 0.5) is 0 Å². The minimum Gasteiger partial charge on any atom is -0.342 e. The van der Waals surface area contributed by atoms with Gasteiger partial charge in [0.1, 0.15) is 0 Å². The van der Waals surface area contributed by atoms with Gasteiger partial charge >= 0.3 is 0 Å². The zero-order valence-corrected chi connectivity index (χ0v) is 9.67. The normalized spacial score (nSPS) is 26.1. The smallest absolute Gasteiger partial charge is 0.228 e. The molecular weight excluding hydrogens is 188 g/mol. The molecule has 2 fully saturated rings. The first-order valence-electron chi connectivity index (χ1n) is 6.15. The summed E-state index contributed by atoms with van der Waals surface area (Å²) in [6, 6.07) is 0. The van der Waals surface area contributed by atoms with Crippen LogP contribution in [0.5, 0.6) is 0 Å². The summed E-state index contributed by atoms with van der Waals surface area (Å²) in [7, 11) is 0. The first-order valence-corrected chi connectivity index (χ1v) is 6.15.